The first kappa shape index (κ1) is 13.8. The number of hydrogen-bond donors (Lipinski definition) is 2. The summed E-state index contributed by atoms with van der Waals surface area (Å²) in [4.78, 5) is 18.5. The van der Waals surface area contributed by atoms with E-state index >= 15 is 0 Å². The summed E-state index contributed by atoms with van der Waals surface area (Å²) in [6.07, 6.45) is 3.37. The highest BCUT2D eigenvalue weighted by Crippen LogP contribution is 2.33. The number of nitrogens with zero attached hydrogens (tertiary/aromatic N) is 3. The van der Waals surface area contributed by atoms with E-state index in [1.807, 2.05) is 0 Å². The fourth-order valence-corrected chi connectivity index (χ4v) is 1.69. The molecule has 0 aromatic carbocycles. The van der Waals surface area contributed by atoms with Crippen molar-refractivity contribution in [1.82, 2.24) is 9.97 Å². The van der Waals surface area contributed by atoms with Gasteiger partial charge in [0.05, 0.1) is 11.2 Å². The number of furan rings is 1. The SMILES string of the molecule is CCCCNc1nc(N)c([N+](=O)[O-])c(-c2ccco2)n1. The van der Waals surface area contributed by atoms with E-state index in [0.29, 0.717) is 6.54 Å². The van der Waals surface area contributed by atoms with Crippen LogP contribution in [0.2, 0.25) is 0 Å². The molecule has 0 spiro atoms. The molecule has 8 heteroatoms. The van der Waals surface area contributed by atoms with Gasteiger partial charge in [-0.2, -0.15) is 4.98 Å². The smallest absolute Gasteiger partial charge is 0.340 e. The fraction of sp³-hybridized carbons (Fsp3) is 0.333. The number of nitro groups is 1. The molecule has 0 unspecified atom stereocenters. The molecule has 106 valence electrons. The van der Waals surface area contributed by atoms with Crippen LogP contribution in [0.4, 0.5) is 17.5 Å². The van der Waals surface area contributed by atoms with Crippen LogP contribution in [-0.4, -0.2) is 21.4 Å². The largest absolute Gasteiger partial charge is 0.462 e. The Hall–Kier alpha value is -2.64. The molecule has 0 fully saturated rings. The van der Waals surface area contributed by atoms with Gasteiger partial charge < -0.3 is 15.5 Å². The molecule has 8 nitrogen and oxygen atoms in total. The lowest BCUT2D eigenvalue weighted by atomic mass is 10.2. The summed E-state index contributed by atoms with van der Waals surface area (Å²) in [6.45, 7) is 2.73. The molecule has 0 radical (unpaired) electrons. The minimum absolute atomic E-state index is 0.0755. The van der Waals surface area contributed by atoms with Gasteiger partial charge in [0.15, 0.2) is 11.5 Å². The molecule has 0 atom stereocenters. The number of aromatic nitrogens is 2. The van der Waals surface area contributed by atoms with Gasteiger partial charge >= 0.3 is 5.69 Å². The van der Waals surface area contributed by atoms with Crippen molar-refractivity contribution in [1.29, 1.82) is 0 Å². The van der Waals surface area contributed by atoms with E-state index in [9.17, 15) is 10.1 Å². The number of anilines is 2. The highest BCUT2D eigenvalue weighted by atomic mass is 16.6. The molecule has 0 aliphatic rings. The Morgan fingerprint density at radius 1 is 1.50 bits per heavy atom. The number of nitrogens with two attached hydrogens (primary N) is 1. The molecule has 0 amide bonds. The molecular weight excluding hydrogens is 262 g/mol. The van der Waals surface area contributed by atoms with Gasteiger partial charge in [0.1, 0.15) is 0 Å². The molecular formula is C12H15N5O3. The van der Waals surface area contributed by atoms with Crippen LogP contribution < -0.4 is 11.1 Å². The van der Waals surface area contributed by atoms with Crippen LogP contribution in [0.5, 0.6) is 0 Å². The Labute approximate surface area is 115 Å². The summed E-state index contributed by atoms with van der Waals surface area (Å²) in [5.41, 5.74) is 5.39. The first-order valence-electron chi connectivity index (χ1n) is 6.23. The minimum atomic E-state index is -0.608. The monoisotopic (exact) mass is 277 g/mol. The second-order valence-corrected chi connectivity index (χ2v) is 4.14. The third kappa shape index (κ3) is 2.85. The lowest BCUT2D eigenvalue weighted by Crippen LogP contribution is -2.10. The van der Waals surface area contributed by atoms with Crippen LogP contribution in [0.1, 0.15) is 19.8 Å². The van der Waals surface area contributed by atoms with E-state index in [1.54, 1.807) is 12.1 Å². The van der Waals surface area contributed by atoms with Gasteiger partial charge in [-0.15, -0.1) is 0 Å². The van der Waals surface area contributed by atoms with E-state index in [-0.39, 0.29) is 28.9 Å². The number of nitrogens with one attached hydrogen (secondary N) is 1. The van der Waals surface area contributed by atoms with E-state index < -0.39 is 4.92 Å². The maximum atomic E-state index is 11.1. The van der Waals surface area contributed by atoms with E-state index in [1.165, 1.54) is 6.26 Å². The average molecular weight is 277 g/mol. The van der Waals surface area contributed by atoms with Crippen LogP contribution >= 0.6 is 0 Å². The quantitative estimate of drug-likeness (QED) is 0.472. The maximum Gasteiger partial charge on any atom is 0.340 e. The molecule has 3 N–H and O–H groups in total. The standard InChI is InChI=1S/C12H15N5O3/c1-2-3-6-14-12-15-9(8-5-4-7-20-8)10(17(18)19)11(13)16-12/h4-5,7H,2-3,6H2,1H3,(H3,13,14,15,16). The van der Waals surface area contributed by atoms with Crippen molar-refractivity contribution >= 4 is 17.5 Å². The Kier molecular flexibility index (Phi) is 4.14. The van der Waals surface area contributed by atoms with Crippen LogP contribution in [0.25, 0.3) is 11.5 Å². The molecule has 0 aliphatic carbocycles. The lowest BCUT2D eigenvalue weighted by molar-refractivity contribution is -0.383. The third-order valence-electron chi connectivity index (χ3n) is 2.66. The summed E-state index contributed by atoms with van der Waals surface area (Å²) >= 11 is 0. The third-order valence-corrected chi connectivity index (χ3v) is 2.66. The number of unbranched alkanes of at least 4 members (excludes halogenated alkanes) is 1. The number of rotatable bonds is 6. The molecule has 2 rings (SSSR count). The summed E-state index contributed by atoms with van der Waals surface area (Å²) in [6, 6.07) is 3.21. The fourth-order valence-electron chi connectivity index (χ4n) is 1.69. The number of nitrogen functional groups attached to an aromatic ring is 1. The molecule has 2 aromatic rings. The first-order chi connectivity index (χ1) is 9.63. The van der Waals surface area contributed by atoms with Gasteiger partial charge in [0, 0.05) is 6.54 Å². The van der Waals surface area contributed by atoms with Crippen LogP contribution in [0.15, 0.2) is 22.8 Å². The van der Waals surface area contributed by atoms with Crippen molar-refractivity contribution in [3.8, 4) is 11.5 Å². The molecule has 2 heterocycles. The summed E-state index contributed by atoms with van der Waals surface area (Å²) in [7, 11) is 0. The average Bonchev–Trinajstić information content (AvgIpc) is 2.91. The summed E-state index contributed by atoms with van der Waals surface area (Å²) in [5.74, 6) is 0.354. The van der Waals surface area contributed by atoms with Crippen molar-refractivity contribution in [2.45, 2.75) is 19.8 Å². The minimum Gasteiger partial charge on any atom is -0.462 e. The van der Waals surface area contributed by atoms with Crippen LogP contribution in [0, 0.1) is 10.1 Å². The van der Waals surface area contributed by atoms with Gasteiger partial charge in [-0.1, -0.05) is 13.3 Å². The van der Waals surface area contributed by atoms with Gasteiger partial charge in [-0.25, -0.2) is 4.98 Å². The predicted octanol–water partition coefficient (Wildman–Crippen LogP) is 2.44. The Balaban J connectivity index is 2.42. The first-order valence-corrected chi connectivity index (χ1v) is 6.23. The summed E-state index contributed by atoms with van der Waals surface area (Å²) < 4.78 is 5.17. The number of hydrogen-bond acceptors (Lipinski definition) is 7. The second kappa shape index (κ2) is 6.00. The van der Waals surface area contributed by atoms with E-state index in [2.05, 4.69) is 22.2 Å². The van der Waals surface area contributed by atoms with Gasteiger partial charge in [0.25, 0.3) is 0 Å². The Morgan fingerprint density at radius 3 is 2.90 bits per heavy atom. The molecule has 0 saturated carbocycles. The topological polar surface area (TPSA) is 120 Å². The van der Waals surface area contributed by atoms with Crippen LogP contribution in [0.3, 0.4) is 0 Å². The zero-order chi connectivity index (χ0) is 14.5. The van der Waals surface area contributed by atoms with Crippen molar-refractivity contribution in [2.75, 3.05) is 17.6 Å². The zero-order valence-corrected chi connectivity index (χ0v) is 11.0. The van der Waals surface area contributed by atoms with E-state index in [0.717, 1.165) is 12.8 Å². The molecule has 20 heavy (non-hydrogen) atoms. The van der Waals surface area contributed by atoms with E-state index in [4.69, 9.17) is 10.2 Å². The van der Waals surface area contributed by atoms with Gasteiger partial charge in [-0.3, -0.25) is 10.1 Å². The maximum absolute atomic E-state index is 11.1. The summed E-state index contributed by atoms with van der Waals surface area (Å²) in [5, 5.41) is 14.1. The predicted molar refractivity (Wildman–Crippen MR) is 74.2 cm³/mol. The lowest BCUT2D eigenvalue weighted by Gasteiger charge is -2.07. The molecule has 0 saturated heterocycles. The van der Waals surface area contributed by atoms with Crippen LogP contribution in [-0.2, 0) is 0 Å². The molecule has 0 bridgehead atoms. The Morgan fingerprint density at radius 2 is 2.30 bits per heavy atom. The van der Waals surface area contributed by atoms with Crippen molar-refractivity contribution in [3.63, 3.8) is 0 Å². The highest BCUT2D eigenvalue weighted by molar-refractivity contribution is 5.74. The molecule has 0 aliphatic heterocycles. The highest BCUT2D eigenvalue weighted by Gasteiger charge is 2.25. The zero-order valence-electron chi connectivity index (χ0n) is 11.0. The van der Waals surface area contributed by atoms with Gasteiger partial charge in [0.2, 0.25) is 11.8 Å². The van der Waals surface area contributed by atoms with Gasteiger partial charge in [-0.05, 0) is 18.6 Å². The normalized spacial score (nSPS) is 10.4. The Bertz CT molecular complexity index is 597. The van der Waals surface area contributed by atoms with Crippen molar-refractivity contribution in [3.05, 3.63) is 28.5 Å². The molecule has 2 aromatic heterocycles. The van der Waals surface area contributed by atoms with Crippen molar-refractivity contribution in [2.24, 2.45) is 0 Å². The van der Waals surface area contributed by atoms with Crippen molar-refractivity contribution < 1.29 is 9.34 Å². The second-order valence-electron chi connectivity index (χ2n) is 4.14.